The summed E-state index contributed by atoms with van der Waals surface area (Å²) in [6.45, 7) is 2.29. The fourth-order valence-electron chi connectivity index (χ4n) is 2.59. The minimum Gasteiger partial charge on any atom is -0.486 e. The summed E-state index contributed by atoms with van der Waals surface area (Å²) in [6, 6.07) is 16.2. The molecule has 1 aliphatic heterocycles. The summed E-state index contributed by atoms with van der Waals surface area (Å²) in [6.07, 6.45) is 2.84. The molecule has 140 valence electrons. The Kier molecular flexibility index (Phi) is 6.10. The molecule has 2 N–H and O–H groups in total. The number of para-hydroxylation sites is 2. The number of amides is 2. The maximum atomic E-state index is 12.2. The topological polar surface area (TPSA) is 76.7 Å². The molecule has 3 rings (SSSR count). The SMILES string of the molecule is CC(NC(=O)/C=C/c1ccccc1)C(=O)NCC1COc2ccccc2O1. The van der Waals surface area contributed by atoms with Crippen LogP contribution in [0.5, 0.6) is 11.5 Å². The summed E-state index contributed by atoms with van der Waals surface area (Å²) in [5.41, 5.74) is 0.916. The van der Waals surface area contributed by atoms with Crippen LogP contribution in [-0.2, 0) is 9.59 Å². The van der Waals surface area contributed by atoms with E-state index in [1.165, 1.54) is 6.08 Å². The average Bonchev–Trinajstić information content (AvgIpc) is 2.71. The molecule has 2 unspecified atom stereocenters. The summed E-state index contributed by atoms with van der Waals surface area (Å²) in [4.78, 5) is 24.1. The van der Waals surface area contributed by atoms with E-state index in [0.29, 0.717) is 24.7 Å². The minimum absolute atomic E-state index is 0.273. The van der Waals surface area contributed by atoms with E-state index in [4.69, 9.17) is 9.47 Å². The second-order valence-corrected chi connectivity index (χ2v) is 6.22. The van der Waals surface area contributed by atoms with Gasteiger partial charge < -0.3 is 20.1 Å². The van der Waals surface area contributed by atoms with Gasteiger partial charge >= 0.3 is 0 Å². The molecule has 0 bridgehead atoms. The number of hydrogen-bond acceptors (Lipinski definition) is 4. The number of hydrogen-bond donors (Lipinski definition) is 2. The van der Waals surface area contributed by atoms with Crippen molar-refractivity contribution in [3.05, 3.63) is 66.2 Å². The molecule has 0 saturated heterocycles. The first kappa shape index (κ1) is 18.5. The maximum Gasteiger partial charge on any atom is 0.244 e. The van der Waals surface area contributed by atoms with Gasteiger partial charge in [0, 0.05) is 6.08 Å². The zero-order chi connectivity index (χ0) is 19.1. The van der Waals surface area contributed by atoms with Gasteiger partial charge in [-0.1, -0.05) is 42.5 Å². The molecule has 0 aromatic heterocycles. The predicted molar refractivity (Wildman–Crippen MR) is 102 cm³/mol. The Labute approximate surface area is 158 Å². The van der Waals surface area contributed by atoms with Gasteiger partial charge in [0.05, 0.1) is 6.54 Å². The molecule has 6 nitrogen and oxygen atoms in total. The molecule has 2 amide bonds. The number of carbonyl (C=O) groups is 2. The summed E-state index contributed by atoms with van der Waals surface area (Å²) in [7, 11) is 0. The van der Waals surface area contributed by atoms with Crippen LogP contribution < -0.4 is 20.1 Å². The van der Waals surface area contributed by atoms with Gasteiger partial charge in [0.25, 0.3) is 0 Å². The second kappa shape index (κ2) is 8.89. The summed E-state index contributed by atoms with van der Waals surface area (Å²) in [5.74, 6) is 0.757. The predicted octanol–water partition coefficient (Wildman–Crippen LogP) is 2.16. The molecule has 1 heterocycles. The van der Waals surface area contributed by atoms with Crippen molar-refractivity contribution in [3.8, 4) is 11.5 Å². The van der Waals surface area contributed by atoms with Crippen LogP contribution in [0.3, 0.4) is 0 Å². The average molecular weight is 366 g/mol. The summed E-state index contributed by atoms with van der Waals surface area (Å²) < 4.78 is 11.4. The van der Waals surface area contributed by atoms with Crippen LogP contribution in [0.4, 0.5) is 0 Å². The van der Waals surface area contributed by atoms with E-state index < -0.39 is 6.04 Å². The molecule has 0 radical (unpaired) electrons. The Bertz CT molecular complexity index is 820. The molecule has 27 heavy (non-hydrogen) atoms. The highest BCUT2D eigenvalue weighted by molar-refractivity contribution is 5.95. The monoisotopic (exact) mass is 366 g/mol. The molecule has 2 aromatic carbocycles. The lowest BCUT2D eigenvalue weighted by atomic mass is 10.2. The molecule has 0 fully saturated rings. The first-order valence-corrected chi connectivity index (χ1v) is 8.81. The van der Waals surface area contributed by atoms with Crippen molar-refractivity contribution in [2.45, 2.75) is 19.1 Å². The molecule has 2 atom stereocenters. The van der Waals surface area contributed by atoms with E-state index >= 15 is 0 Å². The largest absolute Gasteiger partial charge is 0.486 e. The van der Waals surface area contributed by atoms with Crippen LogP contribution in [-0.4, -0.2) is 37.1 Å². The van der Waals surface area contributed by atoms with Gasteiger partial charge in [-0.2, -0.15) is 0 Å². The van der Waals surface area contributed by atoms with Gasteiger partial charge in [0.1, 0.15) is 18.8 Å². The molecule has 0 spiro atoms. The van der Waals surface area contributed by atoms with E-state index in [9.17, 15) is 9.59 Å². The molecular formula is C21H22N2O4. The van der Waals surface area contributed by atoms with Crippen LogP contribution in [0.25, 0.3) is 6.08 Å². The zero-order valence-corrected chi connectivity index (χ0v) is 15.1. The van der Waals surface area contributed by atoms with Crippen molar-refractivity contribution < 1.29 is 19.1 Å². The second-order valence-electron chi connectivity index (χ2n) is 6.22. The highest BCUT2D eigenvalue weighted by atomic mass is 16.6. The van der Waals surface area contributed by atoms with E-state index in [-0.39, 0.29) is 17.9 Å². The van der Waals surface area contributed by atoms with Gasteiger partial charge in [-0.25, -0.2) is 0 Å². The Morgan fingerprint density at radius 3 is 2.59 bits per heavy atom. The third-order valence-electron chi connectivity index (χ3n) is 4.05. The normalized spacial score (nSPS) is 16.6. The standard InChI is InChI=1S/C21H22N2O4/c1-15(23-20(24)12-11-16-7-3-2-4-8-16)21(25)22-13-17-14-26-18-9-5-6-10-19(18)27-17/h2-12,15,17H,13-14H2,1H3,(H,22,25)(H,23,24)/b12-11+. The van der Waals surface area contributed by atoms with E-state index in [1.54, 1.807) is 13.0 Å². The zero-order valence-electron chi connectivity index (χ0n) is 15.1. The van der Waals surface area contributed by atoms with Crippen LogP contribution >= 0.6 is 0 Å². The van der Waals surface area contributed by atoms with Crippen molar-refractivity contribution in [2.24, 2.45) is 0 Å². The van der Waals surface area contributed by atoms with Crippen molar-refractivity contribution >= 4 is 17.9 Å². The van der Waals surface area contributed by atoms with Crippen molar-refractivity contribution in [3.63, 3.8) is 0 Å². The van der Waals surface area contributed by atoms with Crippen molar-refractivity contribution in [2.75, 3.05) is 13.2 Å². The fourth-order valence-corrected chi connectivity index (χ4v) is 2.59. The van der Waals surface area contributed by atoms with Crippen LogP contribution in [0.2, 0.25) is 0 Å². The third-order valence-corrected chi connectivity index (χ3v) is 4.05. The van der Waals surface area contributed by atoms with Crippen molar-refractivity contribution in [1.29, 1.82) is 0 Å². The number of benzene rings is 2. The van der Waals surface area contributed by atoms with Crippen molar-refractivity contribution in [1.82, 2.24) is 10.6 Å². The van der Waals surface area contributed by atoms with Gasteiger partial charge in [-0.3, -0.25) is 9.59 Å². The van der Waals surface area contributed by atoms with E-state index in [0.717, 1.165) is 5.56 Å². The highest BCUT2D eigenvalue weighted by Gasteiger charge is 2.22. The first-order valence-electron chi connectivity index (χ1n) is 8.81. The Morgan fingerprint density at radius 1 is 1.11 bits per heavy atom. The van der Waals surface area contributed by atoms with Crippen LogP contribution in [0.15, 0.2) is 60.7 Å². The Hall–Kier alpha value is -3.28. The number of rotatable bonds is 6. The minimum atomic E-state index is -0.658. The lowest BCUT2D eigenvalue weighted by molar-refractivity contribution is -0.127. The van der Waals surface area contributed by atoms with E-state index in [1.807, 2.05) is 54.6 Å². The third kappa shape index (κ3) is 5.34. The summed E-state index contributed by atoms with van der Waals surface area (Å²) in [5, 5.41) is 5.42. The molecule has 2 aromatic rings. The lowest BCUT2D eigenvalue weighted by Gasteiger charge is -2.27. The van der Waals surface area contributed by atoms with Crippen LogP contribution in [0.1, 0.15) is 12.5 Å². The molecule has 1 aliphatic rings. The molecular weight excluding hydrogens is 344 g/mol. The smallest absolute Gasteiger partial charge is 0.244 e. The Balaban J connectivity index is 1.43. The fraction of sp³-hybridized carbons (Fsp3) is 0.238. The molecule has 0 saturated carbocycles. The van der Waals surface area contributed by atoms with Gasteiger partial charge in [0.15, 0.2) is 11.5 Å². The number of fused-ring (bicyclic) bond motifs is 1. The van der Waals surface area contributed by atoms with E-state index in [2.05, 4.69) is 10.6 Å². The quantitative estimate of drug-likeness (QED) is 0.768. The molecule has 6 heteroatoms. The number of carbonyl (C=O) groups excluding carboxylic acids is 2. The van der Waals surface area contributed by atoms with Gasteiger partial charge in [-0.15, -0.1) is 0 Å². The van der Waals surface area contributed by atoms with Gasteiger partial charge in [-0.05, 0) is 30.7 Å². The molecule has 0 aliphatic carbocycles. The van der Waals surface area contributed by atoms with Gasteiger partial charge in [0.2, 0.25) is 11.8 Å². The lowest BCUT2D eigenvalue weighted by Crippen LogP contribution is -2.48. The summed E-state index contributed by atoms with van der Waals surface area (Å²) >= 11 is 0. The number of ether oxygens (including phenoxy) is 2. The number of nitrogens with one attached hydrogen (secondary N) is 2. The first-order chi connectivity index (χ1) is 13.1. The Morgan fingerprint density at radius 2 is 1.81 bits per heavy atom. The van der Waals surface area contributed by atoms with Crippen LogP contribution in [0, 0.1) is 0 Å². The maximum absolute atomic E-state index is 12.2. The highest BCUT2D eigenvalue weighted by Crippen LogP contribution is 2.30.